The van der Waals surface area contributed by atoms with Crippen LogP contribution in [-0.4, -0.2) is 15.0 Å². The second-order valence-corrected chi connectivity index (χ2v) is 3.35. The van der Waals surface area contributed by atoms with Gasteiger partial charge in [0.05, 0.1) is 6.20 Å². The van der Waals surface area contributed by atoms with Gasteiger partial charge in [0.15, 0.2) is 0 Å². The van der Waals surface area contributed by atoms with Gasteiger partial charge in [-0.3, -0.25) is 4.68 Å². The Bertz CT molecular complexity index is 459. The van der Waals surface area contributed by atoms with Crippen LogP contribution in [0.3, 0.4) is 0 Å². The van der Waals surface area contributed by atoms with Gasteiger partial charge in [-0.15, -0.1) is 5.10 Å². The van der Waals surface area contributed by atoms with Crippen molar-refractivity contribution >= 4 is 5.69 Å². The molecule has 1 aromatic carbocycles. The van der Waals surface area contributed by atoms with Crippen LogP contribution >= 0.6 is 0 Å². The summed E-state index contributed by atoms with van der Waals surface area (Å²) in [5.74, 6) is 0. The van der Waals surface area contributed by atoms with Gasteiger partial charge in [-0.1, -0.05) is 17.3 Å². The maximum atomic E-state index is 5.81. The molecule has 4 nitrogen and oxygen atoms in total. The zero-order valence-corrected chi connectivity index (χ0v) is 8.23. The fourth-order valence-electron chi connectivity index (χ4n) is 1.28. The number of anilines is 1. The number of nitrogen functional groups attached to an aromatic ring is 1. The zero-order valence-electron chi connectivity index (χ0n) is 8.23. The lowest BCUT2D eigenvalue weighted by atomic mass is 10.1. The highest BCUT2D eigenvalue weighted by molar-refractivity contribution is 5.65. The third-order valence-electron chi connectivity index (χ3n) is 2.18. The van der Waals surface area contributed by atoms with Crippen molar-refractivity contribution < 1.29 is 0 Å². The van der Waals surface area contributed by atoms with Crippen LogP contribution in [0, 0.1) is 6.92 Å². The Balaban J connectivity index is 2.47. The summed E-state index contributed by atoms with van der Waals surface area (Å²) in [4.78, 5) is 0. The van der Waals surface area contributed by atoms with Crippen molar-refractivity contribution in [3.63, 3.8) is 0 Å². The number of nitrogens with two attached hydrogens (primary N) is 1. The lowest BCUT2D eigenvalue weighted by molar-refractivity contribution is 0.715. The van der Waals surface area contributed by atoms with E-state index in [2.05, 4.69) is 10.3 Å². The van der Waals surface area contributed by atoms with E-state index in [-0.39, 0.29) is 0 Å². The fraction of sp³-hybridized carbons (Fsp3) is 0.200. The van der Waals surface area contributed by atoms with E-state index in [0.717, 1.165) is 22.5 Å². The largest absolute Gasteiger partial charge is 0.398 e. The number of hydrogen-bond donors (Lipinski definition) is 1. The van der Waals surface area contributed by atoms with Crippen LogP contribution in [0.25, 0.3) is 11.3 Å². The molecule has 0 aliphatic carbocycles. The molecule has 0 fully saturated rings. The molecular formula is C10H12N4. The topological polar surface area (TPSA) is 56.7 Å². The first-order valence-corrected chi connectivity index (χ1v) is 4.39. The van der Waals surface area contributed by atoms with Crippen LogP contribution in [0.15, 0.2) is 24.4 Å². The molecule has 0 atom stereocenters. The van der Waals surface area contributed by atoms with Crippen molar-refractivity contribution in [1.29, 1.82) is 0 Å². The van der Waals surface area contributed by atoms with Crippen LogP contribution in [0.1, 0.15) is 5.56 Å². The maximum absolute atomic E-state index is 5.81. The monoisotopic (exact) mass is 188 g/mol. The maximum Gasteiger partial charge on any atom is 0.113 e. The summed E-state index contributed by atoms with van der Waals surface area (Å²) >= 11 is 0. The molecule has 2 aromatic rings. The van der Waals surface area contributed by atoms with Crippen molar-refractivity contribution in [3.8, 4) is 11.3 Å². The predicted molar refractivity (Wildman–Crippen MR) is 55.6 cm³/mol. The van der Waals surface area contributed by atoms with Gasteiger partial charge in [-0.2, -0.15) is 0 Å². The minimum atomic E-state index is 0.785. The smallest absolute Gasteiger partial charge is 0.113 e. The van der Waals surface area contributed by atoms with E-state index in [1.54, 1.807) is 4.68 Å². The Morgan fingerprint density at radius 1 is 1.36 bits per heavy atom. The second kappa shape index (κ2) is 3.14. The number of aromatic nitrogens is 3. The van der Waals surface area contributed by atoms with Gasteiger partial charge in [-0.25, -0.2) is 0 Å². The van der Waals surface area contributed by atoms with Crippen LogP contribution in [0.2, 0.25) is 0 Å². The Labute approximate surface area is 82.4 Å². The Morgan fingerprint density at radius 3 is 2.71 bits per heavy atom. The Kier molecular flexibility index (Phi) is 1.96. The molecule has 0 saturated heterocycles. The number of hydrogen-bond acceptors (Lipinski definition) is 3. The molecule has 1 aromatic heterocycles. The van der Waals surface area contributed by atoms with E-state index in [4.69, 9.17) is 5.73 Å². The van der Waals surface area contributed by atoms with Crippen LogP contribution in [0.4, 0.5) is 5.69 Å². The predicted octanol–water partition coefficient (Wildman–Crippen LogP) is 1.37. The summed E-state index contributed by atoms with van der Waals surface area (Å²) in [7, 11) is 1.84. The van der Waals surface area contributed by atoms with Crippen LogP contribution in [-0.2, 0) is 7.05 Å². The average Bonchev–Trinajstić information content (AvgIpc) is 2.57. The number of benzene rings is 1. The first kappa shape index (κ1) is 8.74. The van der Waals surface area contributed by atoms with Crippen molar-refractivity contribution in [2.45, 2.75) is 6.92 Å². The van der Waals surface area contributed by atoms with Crippen molar-refractivity contribution in [2.24, 2.45) is 7.05 Å². The lowest BCUT2D eigenvalue weighted by Crippen LogP contribution is -1.89. The molecule has 14 heavy (non-hydrogen) atoms. The molecule has 0 spiro atoms. The third-order valence-corrected chi connectivity index (χ3v) is 2.18. The van der Waals surface area contributed by atoms with Crippen LogP contribution in [0.5, 0.6) is 0 Å². The summed E-state index contributed by atoms with van der Waals surface area (Å²) in [6.45, 7) is 1.98. The van der Waals surface area contributed by atoms with E-state index < -0.39 is 0 Å². The first-order valence-electron chi connectivity index (χ1n) is 4.39. The second-order valence-electron chi connectivity index (χ2n) is 3.35. The van der Waals surface area contributed by atoms with E-state index >= 15 is 0 Å². The van der Waals surface area contributed by atoms with Crippen molar-refractivity contribution in [3.05, 3.63) is 30.0 Å². The van der Waals surface area contributed by atoms with Gasteiger partial charge in [-0.05, 0) is 18.6 Å². The van der Waals surface area contributed by atoms with Crippen LogP contribution < -0.4 is 5.73 Å². The molecule has 2 rings (SSSR count). The van der Waals surface area contributed by atoms with Crippen molar-refractivity contribution in [1.82, 2.24) is 15.0 Å². The zero-order chi connectivity index (χ0) is 10.1. The SMILES string of the molecule is Cc1ccc(-c2cn(C)nn2)cc1N. The van der Waals surface area contributed by atoms with Gasteiger partial charge >= 0.3 is 0 Å². The first-order chi connectivity index (χ1) is 6.66. The lowest BCUT2D eigenvalue weighted by Gasteiger charge is -2.01. The summed E-state index contributed by atoms with van der Waals surface area (Å²) in [5.41, 5.74) is 9.52. The van der Waals surface area contributed by atoms with Gasteiger partial charge in [0.25, 0.3) is 0 Å². The Morgan fingerprint density at radius 2 is 2.14 bits per heavy atom. The van der Waals surface area contributed by atoms with E-state index in [9.17, 15) is 0 Å². The molecule has 2 N–H and O–H groups in total. The van der Waals surface area contributed by atoms with Gasteiger partial charge in [0, 0.05) is 18.3 Å². The quantitative estimate of drug-likeness (QED) is 0.688. The van der Waals surface area contributed by atoms with Crippen molar-refractivity contribution in [2.75, 3.05) is 5.73 Å². The number of rotatable bonds is 1. The van der Waals surface area contributed by atoms with E-state index in [1.807, 2.05) is 38.4 Å². The summed E-state index contributed by atoms with van der Waals surface area (Å²) in [6, 6.07) is 5.90. The summed E-state index contributed by atoms with van der Waals surface area (Å²) in [6.07, 6.45) is 1.87. The molecule has 0 aliphatic rings. The molecule has 0 radical (unpaired) electrons. The molecule has 1 heterocycles. The molecule has 0 saturated carbocycles. The van der Waals surface area contributed by atoms with E-state index in [0.29, 0.717) is 0 Å². The molecule has 0 unspecified atom stereocenters. The molecule has 4 heteroatoms. The minimum Gasteiger partial charge on any atom is -0.398 e. The van der Waals surface area contributed by atoms with Gasteiger partial charge in [0.2, 0.25) is 0 Å². The highest BCUT2D eigenvalue weighted by Crippen LogP contribution is 2.21. The summed E-state index contributed by atoms with van der Waals surface area (Å²) in [5, 5.41) is 7.89. The number of aryl methyl sites for hydroxylation is 2. The normalized spacial score (nSPS) is 10.4. The van der Waals surface area contributed by atoms with E-state index in [1.165, 1.54) is 0 Å². The molecule has 0 aliphatic heterocycles. The standard InChI is InChI=1S/C10H12N4/c1-7-3-4-8(5-9(7)11)10-6-14(2)13-12-10/h3-6H,11H2,1-2H3. The molecule has 0 amide bonds. The highest BCUT2D eigenvalue weighted by Gasteiger charge is 2.03. The summed E-state index contributed by atoms with van der Waals surface area (Å²) < 4.78 is 1.67. The number of nitrogens with zero attached hydrogens (tertiary/aromatic N) is 3. The van der Waals surface area contributed by atoms with Gasteiger partial charge in [0.1, 0.15) is 5.69 Å². The fourth-order valence-corrected chi connectivity index (χ4v) is 1.28. The minimum absolute atomic E-state index is 0.785. The Hall–Kier alpha value is -1.84. The molecular weight excluding hydrogens is 176 g/mol. The van der Waals surface area contributed by atoms with Gasteiger partial charge < -0.3 is 5.73 Å². The third kappa shape index (κ3) is 1.46. The molecule has 72 valence electrons. The highest BCUT2D eigenvalue weighted by atomic mass is 15.4. The molecule has 0 bridgehead atoms. The average molecular weight is 188 g/mol.